The van der Waals surface area contributed by atoms with Gasteiger partial charge in [-0.05, 0) is 126 Å². The summed E-state index contributed by atoms with van der Waals surface area (Å²) in [7, 11) is 0. The fourth-order valence-corrected chi connectivity index (χ4v) is 16.2. The zero-order valence-electron chi connectivity index (χ0n) is 47.2. The van der Waals surface area contributed by atoms with Crippen molar-refractivity contribution >= 4 is 80.0 Å². The second-order valence-corrected chi connectivity index (χ2v) is 25.2. The van der Waals surface area contributed by atoms with Crippen molar-refractivity contribution < 1.29 is 27.2 Å². The number of carbonyl (C=O) groups excluding carboxylic acids is 2. The predicted molar refractivity (Wildman–Crippen MR) is 325 cm³/mol. The number of hydrogen-bond donors (Lipinski definition) is 0. The van der Waals surface area contributed by atoms with Crippen LogP contribution in [0, 0.1) is 45.9 Å². The van der Waals surface area contributed by atoms with E-state index in [1.54, 1.807) is 31.1 Å². The minimum absolute atomic E-state index is 0.0439. The first kappa shape index (κ1) is 58.3. The number of nitrogens with zero attached hydrogens (tertiary/aromatic N) is 10. The molecule has 6 aliphatic rings. The van der Waals surface area contributed by atoms with Crippen LogP contribution in [-0.4, -0.2) is 136 Å². The third kappa shape index (κ3) is 10.1. The minimum Gasteiger partial charge on any atom is -0.363 e. The van der Waals surface area contributed by atoms with Crippen molar-refractivity contribution in [3.63, 3.8) is 0 Å². The molecule has 14 nitrogen and oxygen atoms in total. The van der Waals surface area contributed by atoms with Gasteiger partial charge >= 0.3 is 0 Å². The summed E-state index contributed by atoms with van der Waals surface area (Å²) >= 11 is 15.7. The molecule has 2 aromatic heterocycles. The van der Waals surface area contributed by atoms with E-state index in [4.69, 9.17) is 23.2 Å². The molecule has 6 aliphatic heterocycles. The van der Waals surface area contributed by atoms with E-state index in [1.165, 1.54) is 36.0 Å². The first-order valence-electron chi connectivity index (χ1n) is 29.0. The van der Waals surface area contributed by atoms with E-state index < -0.39 is 46.5 Å². The molecule has 440 valence electrons. The van der Waals surface area contributed by atoms with Crippen molar-refractivity contribution in [1.29, 1.82) is 10.5 Å². The molecule has 0 spiro atoms. The van der Waals surface area contributed by atoms with Crippen LogP contribution in [0.2, 0.25) is 10.0 Å². The maximum Gasteiger partial charge on any atom is 0.271 e. The van der Waals surface area contributed by atoms with Gasteiger partial charge in [0.25, 0.3) is 17.0 Å². The maximum absolute atomic E-state index is 15.8. The molecule has 0 aliphatic carbocycles. The van der Waals surface area contributed by atoms with Crippen LogP contribution in [-0.2, 0) is 16.0 Å². The number of aryl methyl sites for hydroxylation is 1. The highest BCUT2D eigenvalue weighted by Crippen LogP contribution is 2.51. The summed E-state index contributed by atoms with van der Waals surface area (Å²) < 4.78 is 63.4. The summed E-state index contributed by atoms with van der Waals surface area (Å²) in [6.07, 6.45) is 5.85. The molecule has 0 bridgehead atoms. The van der Waals surface area contributed by atoms with Crippen LogP contribution in [0.5, 0.6) is 0 Å². The van der Waals surface area contributed by atoms with Gasteiger partial charge in [0.15, 0.2) is 0 Å². The number of rotatable bonds is 14. The van der Waals surface area contributed by atoms with Gasteiger partial charge in [0.1, 0.15) is 46.5 Å². The van der Waals surface area contributed by atoms with Crippen molar-refractivity contribution in [2.24, 2.45) is 0 Å². The number of carbonyl (C=O) groups is 2. The lowest BCUT2D eigenvalue weighted by atomic mass is 9.86. The first-order chi connectivity index (χ1) is 40.9. The average molecular weight is 1210 g/mol. The Hall–Kier alpha value is -7.13. The van der Waals surface area contributed by atoms with Gasteiger partial charge in [-0.2, -0.15) is 10.5 Å². The lowest BCUT2D eigenvalue weighted by molar-refractivity contribution is -0.129. The highest BCUT2D eigenvalue weighted by molar-refractivity contribution is 7.99. The molecular formula is C64H62Cl2F4N10O4S. The molecule has 6 aromatic rings. The molecule has 21 heteroatoms. The average Bonchev–Trinajstić information content (AvgIpc) is 2.07. The summed E-state index contributed by atoms with van der Waals surface area (Å²) in [5.41, 5.74) is 2.61. The van der Waals surface area contributed by atoms with Crippen LogP contribution in [0.25, 0.3) is 44.1 Å². The number of thioether (sulfide) groups is 1. The topological polar surface area (TPSA) is 145 Å². The SMILES string of the molecule is C=CC(=O)N1CCN(c2c(C#N)c(=O)n3c4c(c(-c5ccc(F)cc5F)c(Cl)cc24)CCC3CCN2CCC2C(=C)C(=O)N2CCN(c3c(C#N)c(=O)n4c5c(c(-c6ccc(F)cc6F)c(Cl)cc35)SCC4CCCN3CCC3)[C@@H](C)C2)[C@@H](C)C1. The normalized spacial score (nSPS) is 21.4. The van der Waals surface area contributed by atoms with Crippen LogP contribution < -0.4 is 20.9 Å². The molecule has 85 heavy (non-hydrogen) atoms. The fraction of sp³-hybridized carbons (Fsp3) is 0.406. The van der Waals surface area contributed by atoms with Crippen LogP contribution in [0.15, 0.2) is 87.8 Å². The van der Waals surface area contributed by atoms with Crippen molar-refractivity contribution in [1.82, 2.24) is 28.7 Å². The Morgan fingerprint density at radius 1 is 0.718 bits per heavy atom. The Labute approximate surface area is 503 Å². The van der Waals surface area contributed by atoms with E-state index in [-0.39, 0.29) is 81.9 Å². The number of likely N-dealkylation sites (tertiary alicyclic amines) is 2. The van der Waals surface area contributed by atoms with Crippen molar-refractivity contribution in [3.05, 3.63) is 144 Å². The molecule has 4 saturated heterocycles. The molecule has 0 saturated carbocycles. The summed E-state index contributed by atoms with van der Waals surface area (Å²) in [5.74, 6) is -3.07. The predicted octanol–water partition coefficient (Wildman–Crippen LogP) is 10.9. The number of nitriles is 2. The molecule has 12 rings (SSSR count). The smallest absolute Gasteiger partial charge is 0.271 e. The molecule has 4 fully saturated rings. The van der Waals surface area contributed by atoms with Crippen molar-refractivity contribution in [3.8, 4) is 34.4 Å². The van der Waals surface area contributed by atoms with Gasteiger partial charge in [0.2, 0.25) is 5.91 Å². The Kier molecular flexibility index (Phi) is 16.0. The number of pyridine rings is 2. The fourth-order valence-electron chi connectivity index (χ4n) is 14.1. The van der Waals surface area contributed by atoms with Gasteiger partial charge in [0, 0.05) is 149 Å². The molecule has 5 atom stereocenters. The summed E-state index contributed by atoms with van der Waals surface area (Å²) in [6.45, 7) is 17.6. The number of hydrogen-bond acceptors (Lipinski definition) is 11. The van der Waals surface area contributed by atoms with Crippen molar-refractivity contribution in [2.75, 3.05) is 87.5 Å². The number of anilines is 2. The Morgan fingerprint density at radius 2 is 1.29 bits per heavy atom. The van der Waals surface area contributed by atoms with Crippen LogP contribution in [0.3, 0.4) is 0 Å². The van der Waals surface area contributed by atoms with Gasteiger partial charge in [-0.15, -0.1) is 11.8 Å². The molecule has 8 heterocycles. The van der Waals surface area contributed by atoms with E-state index in [0.717, 1.165) is 50.7 Å². The monoisotopic (exact) mass is 1210 g/mol. The highest BCUT2D eigenvalue weighted by atomic mass is 35.5. The summed E-state index contributed by atoms with van der Waals surface area (Å²) in [5, 5.41) is 23.2. The lowest BCUT2D eigenvalue weighted by Gasteiger charge is -2.46. The lowest BCUT2D eigenvalue weighted by Crippen LogP contribution is -2.57. The second kappa shape index (κ2) is 23.3. The number of benzene rings is 4. The number of aromatic nitrogens is 2. The Bertz CT molecular complexity index is 4040. The van der Waals surface area contributed by atoms with Gasteiger partial charge in [0.05, 0.1) is 27.4 Å². The largest absolute Gasteiger partial charge is 0.363 e. The number of halogens is 6. The molecule has 2 amide bonds. The molecule has 0 radical (unpaired) electrons. The van der Waals surface area contributed by atoms with E-state index in [0.29, 0.717) is 131 Å². The number of amides is 2. The Balaban J connectivity index is 0.808. The highest BCUT2D eigenvalue weighted by Gasteiger charge is 2.41. The summed E-state index contributed by atoms with van der Waals surface area (Å²) in [6, 6.07) is 12.7. The van der Waals surface area contributed by atoms with Gasteiger partial charge in [-0.3, -0.25) is 24.1 Å². The summed E-state index contributed by atoms with van der Waals surface area (Å²) in [4.78, 5) is 69.8. The van der Waals surface area contributed by atoms with E-state index >= 15 is 13.6 Å². The molecule has 0 N–H and O–H groups in total. The minimum atomic E-state index is -0.814. The zero-order chi connectivity index (χ0) is 59.9. The third-order valence-electron chi connectivity index (χ3n) is 18.5. The van der Waals surface area contributed by atoms with Gasteiger partial charge in [-0.1, -0.05) is 36.4 Å². The van der Waals surface area contributed by atoms with Crippen molar-refractivity contribution in [2.45, 2.75) is 93.9 Å². The zero-order valence-corrected chi connectivity index (χ0v) is 49.5. The first-order valence-corrected chi connectivity index (χ1v) is 30.8. The molecule has 3 unspecified atom stereocenters. The van der Waals surface area contributed by atoms with E-state index in [2.05, 4.69) is 35.1 Å². The molecule has 4 aromatic carbocycles. The van der Waals surface area contributed by atoms with E-state index in [9.17, 15) is 33.7 Å². The number of piperazine rings is 2. The maximum atomic E-state index is 15.8. The Morgan fingerprint density at radius 3 is 1.85 bits per heavy atom. The van der Waals surface area contributed by atoms with Crippen LogP contribution >= 0.6 is 35.0 Å². The second-order valence-electron chi connectivity index (χ2n) is 23.3. The standard InChI is InChI=1S/C64H62Cl2F4N10O4S/c1-5-54(81)75-22-24-77(35(2)32-75)57-45-28-49(65)55(42-12-9-38(67)26-51(42)69)44-14-11-40(79(59(44)45)63(83)47(57)30-71)15-20-74-21-16-53(74)37(4)62(82)76-23-25-78(36(3)33-76)58-46-29-50(66)56(43-13-10-39(68)27-52(43)70)61-60(46)80(64(84)48(58)31-72)41(34-85-61)8-6-17-73-18-7-19-73/h5,9-10,12-13,26-29,35-36,40-41,53H,1,4,6-8,11,14-25,32-34H2,2-3H3/t35-,36-,40?,41?,53?/m0/s1. The quantitative estimate of drug-likeness (QED) is 0.0759. The molecular weight excluding hydrogens is 1150 g/mol. The van der Waals surface area contributed by atoms with Crippen LogP contribution in [0.4, 0.5) is 28.9 Å². The van der Waals surface area contributed by atoms with Gasteiger partial charge in [-0.25, -0.2) is 17.6 Å². The van der Waals surface area contributed by atoms with Gasteiger partial charge < -0.3 is 33.6 Å². The van der Waals surface area contributed by atoms with E-state index in [1.807, 2.05) is 23.6 Å². The van der Waals surface area contributed by atoms with Crippen LogP contribution in [0.1, 0.15) is 81.1 Å². The third-order valence-corrected chi connectivity index (χ3v) is 20.3.